The zero-order valence-electron chi connectivity index (χ0n) is 18.3. The lowest BCUT2D eigenvalue weighted by atomic mass is 10.1. The number of benzene rings is 3. The molecule has 2 heterocycles. The van der Waals surface area contributed by atoms with Crippen molar-refractivity contribution in [2.45, 2.75) is 13.0 Å². The highest BCUT2D eigenvalue weighted by molar-refractivity contribution is 6.35. The summed E-state index contributed by atoms with van der Waals surface area (Å²) >= 11 is 12.3. The average Bonchev–Trinajstić information content (AvgIpc) is 2.85. The minimum Gasteiger partial charge on any atom is -0.497 e. The highest BCUT2D eigenvalue weighted by atomic mass is 35.5. The molecule has 0 atom stereocenters. The molecule has 0 amide bonds. The van der Waals surface area contributed by atoms with Gasteiger partial charge < -0.3 is 18.6 Å². The van der Waals surface area contributed by atoms with Crippen LogP contribution in [0, 0.1) is 0 Å². The first kappa shape index (κ1) is 22.6. The quantitative estimate of drug-likeness (QED) is 0.311. The maximum absolute atomic E-state index is 13.1. The Hall–Kier alpha value is -3.19. The monoisotopic (exact) mass is 497 g/mol. The molecular formula is C26H21Cl2NO5. The van der Waals surface area contributed by atoms with E-state index in [4.69, 9.17) is 41.8 Å². The van der Waals surface area contributed by atoms with Crippen molar-refractivity contribution in [3.05, 3.63) is 92.3 Å². The van der Waals surface area contributed by atoms with Gasteiger partial charge in [0.15, 0.2) is 0 Å². The van der Waals surface area contributed by atoms with Gasteiger partial charge in [-0.25, -0.2) is 0 Å². The third-order valence-electron chi connectivity index (χ3n) is 5.75. The number of hydrogen-bond donors (Lipinski definition) is 0. The molecule has 0 bridgehead atoms. The lowest BCUT2D eigenvalue weighted by Gasteiger charge is -2.29. The zero-order chi connectivity index (χ0) is 23.7. The molecule has 0 fully saturated rings. The fourth-order valence-corrected chi connectivity index (χ4v) is 4.43. The first-order chi connectivity index (χ1) is 16.5. The molecule has 0 aliphatic carbocycles. The summed E-state index contributed by atoms with van der Waals surface area (Å²) in [4.78, 5) is 15.2. The normalized spacial score (nSPS) is 13.4. The van der Waals surface area contributed by atoms with Crippen LogP contribution in [0.2, 0.25) is 10.0 Å². The SMILES string of the molecule is COc1ccc(Oc2coc3c4c(ccc3c2=O)OCN(CCc2ccc(Cl)cc2Cl)C4)cc1. The van der Waals surface area contributed by atoms with E-state index in [1.54, 1.807) is 49.6 Å². The number of halogens is 2. The number of ether oxygens (including phenoxy) is 3. The summed E-state index contributed by atoms with van der Waals surface area (Å²) in [6.45, 7) is 1.74. The molecule has 34 heavy (non-hydrogen) atoms. The topological polar surface area (TPSA) is 61.1 Å². The molecule has 0 radical (unpaired) electrons. The first-order valence-corrected chi connectivity index (χ1v) is 11.5. The second kappa shape index (κ2) is 9.58. The smallest absolute Gasteiger partial charge is 0.235 e. The predicted molar refractivity (Wildman–Crippen MR) is 132 cm³/mol. The number of methoxy groups -OCH3 is 1. The molecule has 1 aromatic heterocycles. The molecule has 4 aromatic rings. The fourth-order valence-electron chi connectivity index (χ4n) is 3.92. The van der Waals surface area contributed by atoms with Gasteiger partial charge in [0.25, 0.3) is 0 Å². The molecule has 3 aromatic carbocycles. The van der Waals surface area contributed by atoms with Gasteiger partial charge in [0, 0.05) is 23.1 Å². The molecule has 1 aliphatic heterocycles. The van der Waals surface area contributed by atoms with Gasteiger partial charge in [0.1, 0.15) is 35.8 Å². The summed E-state index contributed by atoms with van der Waals surface area (Å²) in [7, 11) is 1.59. The minimum atomic E-state index is -0.245. The molecule has 1 aliphatic rings. The van der Waals surface area contributed by atoms with Gasteiger partial charge in [0.05, 0.1) is 18.1 Å². The summed E-state index contributed by atoms with van der Waals surface area (Å²) in [6, 6.07) is 16.0. The average molecular weight is 498 g/mol. The molecule has 5 rings (SSSR count). The van der Waals surface area contributed by atoms with Crippen LogP contribution in [0.5, 0.6) is 23.0 Å². The van der Waals surface area contributed by atoms with Gasteiger partial charge in [-0.15, -0.1) is 0 Å². The van der Waals surface area contributed by atoms with Crippen LogP contribution in [0.15, 0.2) is 70.1 Å². The maximum atomic E-state index is 13.1. The number of hydrogen-bond acceptors (Lipinski definition) is 6. The third kappa shape index (κ3) is 4.57. The molecule has 8 heteroatoms. The van der Waals surface area contributed by atoms with Crippen molar-refractivity contribution in [3.8, 4) is 23.0 Å². The van der Waals surface area contributed by atoms with Crippen LogP contribution >= 0.6 is 23.2 Å². The van der Waals surface area contributed by atoms with Crippen molar-refractivity contribution in [2.75, 3.05) is 20.4 Å². The number of fused-ring (bicyclic) bond motifs is 3. The van der Waals surface area contributed by atoms with E-state index in [-0.39, 0.29) is 11.2 Å². The molecule has 174 valence electrons. The van der Waals surface area contributed by atoms with Gasteiger partial charge >= 0.3 is 0 Å². The van der Waals surface area contributed by atoms with Crippen LogP contribution in [0.3, 0.4) is 0 Å². The molecule has 0 unspecified atom stereocenters. The van der Waals surface area contributed by atoms with Crippen molar-refractivity contribution >= 4 is 34.2 Å². The van der Waals surface area contributed by atoms with Crippen LogP contribution in [0.1, 0.15) is 11.1 Å². The highest BCUT2D eigenvalue weighted by Crippen LogP contribution is 2.33. The lowest BCUT2D eigenvalue weighted by Crippen LogP contribution is -2.33. The molecule has 0 spiro atoms. The molecule has 0 saturated carbocycles. The minimum absolute atomic E-state index is 0.114. The Balaban J connectivity index is 1.37. The number of rotatable bonds is 6. The second-order valence-corrected chi connectivity index (χ2v) is 8.78. The van der Waals surface area contributed by atoms with Crippen LogP contribution < -0.4 is 19.6 Å². The largest absolute Gasteiger partial charge is 0.497 e. The first-order valence-electron chi connectivity index (χ1n) is 10.7. The van der Waals surface area contributed by atoms with Crippen molar-refractivity contribution in [1.82, 2.24) is 4.90 Å². The summed E-state index contributed by atoms with van der Waals surface area (Å²) < 4.78 is 22.7. The van der Waals surface area contributed by atoms with Crippen molar-refractivity contribution in [2.24, 2.45) is 0 Å². The zero-order valence-corrected chi connectivity index (χ0v) is 19.9. The van der Waals surface area contributed by atoms with Gasteiger partial charge in [-0.2, -0.15) is 0 Å². The highest BCUT2D eigenvalue weighted by Gasteiger charge is 2.23. The van der Waals surface area contributed by atoms with E-state index in [1.807, 2.05) is 12.1 Å². The summed E-state index contributed by atoms with van der Waals surface area (Å²) in [5, 5.41) is 1.70. The molecule has 6 nitrogen and oxygen atoms in total. The predicted octanol–water partition coefficient (Wildman–Crippen LogP) is 6.30. The Morgan fingerprint density at radius 3 is 2.59 bits per heavy atom. The lowest BCUT2D eigenvalue weighted by molar-refractivity contribution is 0.0968. The van der Waals surface area contributed by atoms with Crippen LogP contribution in [-0.4, -0.2) is 25.3 Å². The van der Waals surface area contributed by atoms with Gasteiger partial charge in [-0.1, -0.05) is 29.3 Å². The van der Waals surface area contributed by atoms with E-state index < -0.39 is 0 Å². The fraction of sp³-hybridized carbons (Fsp3) is 0.192. The Bertz CT molecular complexity index is 1400. The number of nitrogens with zero attached hydrogens (tertiary/aromatic N) is 1. The summed E-state index contributed by atoms with van der Waals surface area (Å²) in [5.41, 5.74) is 2.10. The van der Waals surface area contributed by atoms with Crippen molar-refractivity contribution in [1.29, 1.82) is 0 Å². The van der Waals surface area contributed by atoms with E-state index in [0.29, 0.717) is 51.5 Å². The molecule has 0 N–H and O–H groups in total. The van der Waals surface area contributed by atoms with Crippen LogP contribution in [-0.2, 0) is 13.0 Å². The van der Waals surface area contributed by atoms with E-state index >= 15 is 0 Å². The van der Waals surface area contributed by atoms with Crippen LogP contribution in [0.25, 0.3) is 11.0 Å². The standard InChI is InChI=1S/C26H21Cl2NO5/c1-31-18-4-6-19(7-5-18)34-24-14-32-26-20(25(24)30)8-9-23-21(26)13-29(15-33-23)11-10-16-2-3-17(27)12-22(16)28/h2-9,12,14H,10-11,13,15H2,1H3. The molecular weight excluding hydrogens is 477 g/mol. The third-order valence-corrected chi connectivity index (χ3v) is 6.34. The van der Waals surface area contributed by atoms with Gasteiger partial charge in [-0.05, 0) is 60.5 Å². The van der Waals surface area contributed by atoms with Gasteiger partial charge in [0.2, 0.25) is 11.2 Å². The van der Waals surface area contributed by atoms with E-state index in [2.05, 4.69) is 4.90 Å². The second-order valence-electron chi connectivity index (χ2n) is 7.94. The molecule has 0 saturated heterocycles. The van der Waals surface area contributed by atoms with E-state index in [1.165, 1.54) is 6.26 Å². The van der Waals surface area contributed by atoms with E-state index in [9.17, 15) is 4.79 Å². The van der Waals surface area contributed by atoms with Crippen molar-refractivity contribution in [3.63, 3.8) is 0 Å². The maximum Gasteiger partial charge on any atom is 0.235 e. The van der Waals surface area contributed by atoms with E-state index in [0.717, 1.165) is 24.1 Å². The summed E-state index contributed by atoms with van der Waals surface area (Å²) in [6.07, 6.45) is 2.09. The Morgan fingerprint density at radius 1 is 1.03 bits per heavy atom. The van der Waals surface area contributed by atoms with Crippen LogP contribution in [0.4, 0.5) is 0 Å². The summed E-state index contributed by atoms with van der Waals surface area (Å²) in [5.74, 6) is 2.04. The Kier molecular flexibility index (Phi) is 6.37. The van der Waals surface area contributed by atoms with Gasteiger partial charge in [-0.3, -0.25) is 9.69 Å². The van der Waals surface area contributed by atoms with Crippen molar-refractivity contribution < 1.29 is 18.6 Å². The Labute approximate surface area is 206 Å². The Morgan fingerprint density at radius 2 is 1.82 bits per heavy atom.